The molecule has 2 aliphatic rings. The molecule has 2 unspecified atom stereocenters. The molecule has 0 bridgehead atoms. The third-order valence-corrected chi connectivity index (χ3v) is 9.24. The molecular formula is C34H39FO3. The van der Waals surface area contributed by atoms with Crippen molar-refractivity contribution in [2.75, 3.05) is 7.11 Å². The van der Waals surface area contributed by atoms with Gasteiger partial charge in [-0.05, 0) is 107 Å². The molecule has 0 spiro atoms. The van der Waals surface area contributed by atoms with Crippen molar-refractivity contribution in [3.05, 3.63) is 88.2 Å². The highest BCUT2D eigenvalue weighted by molar-refractivity contribution is 5.72. The number of carboxylic acid groups (broad SMARTS) is 1. The van der Waals surface area contributed by atoms with Crippen molar-refractivity contribution in [1.82, 2.24) is 0 Å². The molecule has 200 valence electrons. The van der Waals surface area contributed by atoms with Crippen LogP contribution in [0.15, 0.2) is 54.6 Å². The Morgan fingerprint density at radius 1 is 1.00 bits per heavy atom. The summed E-state index contributed by atoms with van der Waals surface area (Å²) in [5, 5.41) is 9.56. The molecule has 0 saturated heterocycles. The average Bonchev–Trinajstić information content (AvgIpc) is 3.49. The van der Waals surface area contributed by atoms with Gasteiger partial charge in [0.1, 0.15) is 11.6 Å². The SMILES string of the molecule is COc1ccc(F)c(-c2ccc(CCc3ccc4c(c3)C(C(C)C(=O)O)CC4)cc2[C@H]2CCCC2(C)C)c1. The fourth-order valence-corrected chi connectivity index (χ4v) is 6.86. The lowest BCUT2D eigenvalue weighted by Crippen LogP contribution is -2.17. The second-order valence-electron chi connectivity index (χ2n) is 12.0. The van der Waals surface area contributed by atoms with Crippen LogP contribution in [0.25, 0.3) is 11.1 Å². The van der Waals surface area contributed by atoms with E-state index in [0.717, 1.165) is 37.7 Å². The van der Waals surface area contributed by atoms with Crippen LogP contribution in [-0.2, 0) is 24.1 Å². The average molecular weight is 515 g/mol. The minimum absolute atomic E-state index is 0.0932. The topological polar surface area (TPSA) is 46.5 Å². The summed E-state index contributed by atoms with van der Waals surface area (Å²) >= 11 is 0. The molecule has 0 aliphatic heterocycles. The first-order chi connectivity index (χ1) is 18.2. The van der Waals surface area contributed by atoms with E-state index in [-0.39, 0.29) is 23.1 Å². The van der Waals surface area contributed by atoms with Gasteiger partial charge in [-0.3, -0.25) is 4.79 Å². The standard InChI is InChI=1S/C34H39FO3/c1-21(33(36)37)26-15-12-24-11-9-22(18-28(24)26)7-8-23-10-14-27(30-20-25(38-4)13-16-32(30)35)29(19-23)31-6-5-17-34(31,2)3/h9-11,13-14,16,18-21,26,31H,5-8,12,15,17H2,1-4H3,(H,36,37)/t21?,26?,31-/m1/s1. The summed E-state index contributed by atoms with van der Waals surface area (Å²) in [5.74, 6) is -0.179. The maximum absolute atomic E-state index is 15.1. The minimum Gasteiger partial charge on any atom is -0.497 e. The summed E-state index contributed by atoms with van der Waals surface area (Å²) in [4.78, 5) is 11.6. The molecular weight excluding hydrogens is 475 g/mol. The predicted octanol–water partition coefficient (Wildman–Crippen LogP) is 8.33. The van der Waals surface area contributed by atoms with E-state index in [1.165, 1.54) is 46.7 Å². The quantitative estimate of drug-likeness (QED) is 0.329. The van der Waals surface area contributed by atoms with Crippen molar-refractivity contribution in [1.29, 1.82) is 0 Å². The second kappa shape index (κ2) is 10.6. The van der Waals surface area contributed by atoms with Gasteiger partial charge in [-0.25, -0.2) is 4.39 Å². The van der Waals surface area contributed by atoms with Crippen LogP contribution >= 0.6 is 0 Å². The van der Waals surface area contributed by atoms with Crippen LogP contribution < -0.4 is 4.74 Å². The highest BCUT2D eigenvalue weighted by atomic mass is 19.1. The molecule has 3 aromatic rings. The van der Waals surface area contributed by atoms with E-state index in [4.69, 9.17) is 4.74 Å². The molecule has 3 aromatic carbocycles. The third kappa shape index (κ3) is 5.10. The number of aryl methyl sites for hydroxylation is 3. The zero-order valence-corrected chi connectivity index (χ0v) is 23.0. The van der Waals surface area contributed by atoms with Crippen molar-refractivity contribution < 1.29 is 19.0 Å². The van der Waals surface area contributed by atoms with Crippen LogP contribution in [0, 0.1) is 17.2 Å². The van der Waals surface area contributed by atoms with Gasteiger partial charge < -0.3 is 9.84 Å². The normalized spacial score (nSPS) is 20.8. The van der Waals surface area contributed by atoms with Crippen LogP contribution in [0.2, 0.25) is 0 Å². The van der Waals surface area contributed by atoms with Crippen molar-refractivity contribution in [3.8, 4) is 16.9 Å². The van der Waals surface area contributed by atoms with Crippen molar-refractivity contribution in [2.24, 2.45) is 11.3 Å². The number of halogens is 1. The Hall–Kier alpha value is -3.14. The Kier molecular flexibility index (Phi) is 7.35. The summed E-state index contributed by atoms with van der Waals surface area (Å²) in [5.41, 5.74) is 7.99. The molecule has 3 nitrogen and oxygen atoms in total. The molecule has 2 aliphatic carbocycles. The van der Waals surface area contributed by atoms with E-state index in [1.807, 2.05) is 13.0 Å². The molecule has 3 atom stereocenters. The molecule has 1 fully saturated rings. The van der Waals surface area contributed by atoms with Crippen molar-refractivity contribution in [2.45, 2.75) is 77.6 Å². The molecule has 1 N–H and O–H groups in total. The van der Waals surface area contributed by atoms with Crippen LogP contribution in [0.4, 0.5) is 4.39 Å². The van der Waals surface area contributed by atoms with E-state index < -0.39 is 5.97 Å². The molecule has 4 heteroatoms. The number of methoxy groups -OCH3 is 1. The zero-order chi connectivity index (χ0) is 27.0. The molecule has 0 radical (unpaired) electrons. The van der Waals surface area contributed by atoms with E-state index in [1.54, 1.807) is 13.2 Å². The van der Waals surface area contributed by atoms with Gasteiger partial charge in [0, 0.05) is 5.56 Å². The highest BCUT2D eigenvalue weighted by Gasteiger charge is 2.37. The van der Waals surface area contributed by atoms with Gasteiger partial charge >= 0.3 is 5.97 Å². The maximum Gasteiger partial charge on any atom is 0.306 e. The number of carbonyl (C=O) groups is 1. The number of ether oxygens (including phenoxy) is 1. The number of rotatable bonds is 8. The van der Waals surface area contributed by atoms with Crippen LogP contribution in [-0.4, -0.2) is 18.2 Å². The number of carboxylic acids is 1. The van der Waals surface area contributed by atoms with Crippen LogP contribution in [0.1, 0.15) is 86.1 Å². The number of benzene rings is 3. The monoisotopic (exact) mass is 514 g/mol. The van der Waals surface area contributed by atoms with Gasteiger partial charge in [0.15, 0.2) is 0 Å². The molecule has 0 heterocycles. The first kappa shape index (κ1) is 26.5. The summed E-state index contributed by atoms with van der Waals surface area (Å²) < 4.78 is 20.5. The Balaban J connectivity index is 1.45. The molecule has 38 heavy (non-hydrogen) atoms. The highest BCUT2D eigenvalue weighted by Crippen LogP contribution is 2.51. The molecule has 0 aromatic heterocycles. The lowest BCUT2D eigenvalue weighted by atomic mass is 9.75. The van der Waals surface area contributed by atoms with Crippen LogP contribution in [0.5, 0.6) is 5.75 Å². The molecule has 0 amide bonds. The summed E-state index contributed by atoms with van der Waals surface area (Å²) in [6.45, 7) is 6.50. The lowest BCUT2D eigenvalue weighted by Gasteiger charge is -2.30. The number of aliphatic carboxylic acids is 1. The van der Waals surface area contributed by atoms with E-state index in [0.29, 0.717) is 17.2 Å². The van der Waals surface area contributed by atoms with Gasteiger partial charge in [0.25, 0.3) is 0 Å². The maximum atomic E-state index is 15.1. The summed E-state index contributed by atoms with van der Waals surface area (Å²) in [6.07, 6.45) is 7.12. The smallest absolute Gasteiger partial charge is 0.306 e. The molecule has 1 saturated carbocycles. The lowest BCUT2D eigenvalue weighted by molar-refractivity contribution is -0.141. The van der Waals surface area contributed by atoms with Gasteiger partial charge in [-0.1, -0.05) is 63.6 Å². The van der Waals surface area contributed by atoms with Gasteiger partial charge in [0.2, 0.25) is 0 Å². The molecule has 5 rings (SSSR count). The second-order valence-corrected chi connectivity index (χ2v) is 12.0. The largest absolute Gasteiger partial charge is 0.497 e. The summed E-state index contributed by atoms with van der Waals surface area (Å²) in [7, 11) is 1.62. The first-order valence-corrected chi connectivity index (χ1v) is 14.0. The first-order valence-electron chi connectivity index (χ1n) is 14.0. The van der Waals surface area contributed by atoms with E-state index in [9.17, 15) is 9.90 Å². The van der Waals surface area contributed by atoms with Crippen LogP contribution in [0.3, 0.4) is 0 Å². The fourth-order valence-electron chi connectivity index (χ4n) is 6.86. The number of hydrogen-bond donors (Lipinski definition) is 1. The van der Waals surface area contributed by atoms with Gasteiger partial charge in [-0.15, -0.1) is 0 Å². The number of hydrogen-bond acceptors (Lipinski definition) is 2. The Morgan fingerprint density at radius 2 is 1.71 bits per heavy atom. The Labute approximate surface area is 226 Å². The fraction of sp³-hybridized carbons (Fsp3) is 0.441. The summed E-state index contributed by atoms with van der Waals surface area (Å²) in [6, 6.07) is 18.2. The van der Waals surface area contributed by atoms with Crippen molar-refractivity contribution in [3.63, 3.8) is 0 Å². The van der Waals surface area contributed by atoms with E-state index in [2.05, 4.69) is 50.2 Å². The van der Waals surface area contributed by atoms with Gasteiger partial charge in [0.05, 0.1) is 13.0 Å². The predicted molar refractivity (Wildman–Crippen MR) is 150 cm³/mol. The van der Waals surface area contributed by atoms with Gasteiger partial charge in [-0.2, -0.15) is 0 Å². The van der Waals surface area contributed by atoms with Crippen molar-refractivity contribution >= 4 is 5.97 Å². The minimum atomic E-state index is -0.719. The van der Waals surface area contributed by atoms with E-state index >= 15 is 4.39 Å². The third-order valence-electron chi connectivity index (χ3n) is 9.24. The zero-order valence-electron chi connectivity index (χ0n) is 23.0. The Bertz CT molecular complexity index is 1340. The number of fused-ring (bicyclic) bond motifs is 1. The Morgan fingerprint density at radius 3 is 2.37 bits per heavy atom.